The van der Waals surface area contributed by atoms with Crippen LogP contribution in [0.15, 0.2) is 12.2 Å². The van der Waals surface area contributed by atoms with Gasteiger partial charge in [0.25, 0.3) is 0 Å². The first kappa shape index (κ1) is 8.51. The average Bonchev–Trinajstić information content (AvgIpc) is 2.37. The summed E-state index contributed by atoms with van der Waals surface area (Å²) in [6, 6.07) is 0. The summed E-state index contributed by atoms with van der Waals surface area (Å²) < 4.78 is 0. The molecule has 0 N–H and O–H groups in total. The monoisotopic (exact) mass is 152 g/mol. The molecule has 62 valence electrons. The van der Waals surface area contributed by atoms with E-state index in [2.05, 4.69) is 19.1 Å². The second-order valence-electron chi connectivity index (χ2n) is 3.17. The highest BCUT2D eigenvalue weighted by atomic mass is 16.1. The van der Waals surface area contributed by atoms with Crippen molar-refractivity contribution in [3.63, 3.8) is 0 Å². The Balaban J connectivity index is 2.25. The molecule has 0 aromatic rings. The fraction of sp³-hybridized carbons (Fsp3) is 0.700. The molecular formula is C10H16O. The van der Waals surface area contributed by atoms with Crippen molar-refractivity contribution in [2.75, 3.05) is 0 Å². The van der Waals surface area contributed by atoms with Crippen molar-refractivity contribution in [3.8, 4) is 0 Å². The van der Waals surface area contributed by atoms with Gasteiger partial charge in [-0.15, -0.1) is 0 Å². The summed E-state index contributed by atoms with van der Waals surface area (Å²) in [5, 5.41) is 0. The van der Waals surface area contributed by atoms with Crippen molar-refractivity contribution in [1.82, 2.24) is 0 Å². The highest BCUT2D eigenvalue weighted by Crippen LogP contribution is 2.24. The van der Waals surface area contributed by atoms with Crippen molar-refractivity contribution < 1.29 is 4.79 Å². The van der Waals surface area contributed by atoms with E-state index in [0.717, 1.165) is 32.1 Å². The van der Waals surface area contributed by atoms with Gasteiger partial charge in [-0.05, 0) is 25.7 Å². The van der Waals surface area contributed by atoms with Crippen LogP contribution in [0, 0.1) is 5.92 Å². The Kier molecular flexibility index (Phi) is 3.34. The topological polar surface area (TPSA) is 17.1 Å². The first-order chi connectivity index (χ1) is 5.34. The standard InChI is InChI=1S/C10H16O/c1-2-3-4-6-9-7-5-8-10(9)11/h3-4,9H,2,5-8H2,1H3. The molecule has 0 aromatic carbocycles. The van der Waals surface area contributed by atoms with Crippen LogP contribution >= 0.6 is 0 Å². The molecule has 1 aliphatic rings. The van der Waals surface area contributed by atoms with Crippen LogP contribution in [0.4, 0.5) is 0 Å². The molecule has 1 nitrogen and oxygen atoms in total. The lowest BCUT2D eigenvalue weighted by Gasteiger charge is -2.01. The number of hydrogen-bond acceptors (Lipinski definition) is 1. The van der Waals surface area contributed by atoms with Gasteiger partial charge < -0.3 is 0 Å². The lowest BCUT2D eigenvalue weighted by molar-refractivity contribution is -0.120. The lowest BCUT2D eigenvalue weighted by atomic mass is 10.0. The molecule has 1 aliphatic carbocycles. The minimum atomic E-state index is 0.359. The van der Waals surface area contributed by atoms with Gasteiger partial charge in [0, 0.05) is 12.3 Å². The maximum Gasteiger partial charge on any atom is 0.136 e. The molecule has 1 heteroatoms. The zero-order valence-electron chi connectivity index (χ0n) is 7.18. The third-order valence-corrected chi connectivity index (χ3v) is 2.25. The van der Waals surface area contributed by atoms with Crippen molar-refractivity contribution in [2.45, 2.75) is 39.0 Å². The van der Waals surface area contributed by atoms with E-state index in [1.165, 1.54) is 0 Å². The zero-order valence-corrected chi connectivity index (χ0v) is 7.18. The molecular weight excluding hydrogens is 136 g/mol. The summed E-state index contributed by atoms with van der Waals surface area (Å²) in [6.07, 6.45) is 9.41. The molecule has 1 saturated carbocycles. The minimum absolute atomic E-state index is 0.359. The normalized spacial score (nSPS) is 25.2. The highest BCUT2D eigenvalue weighted by Gasteiger charge is 2.22. The third kappa shape index (κ3) is 2.49. The smallest absolute Gasteiger partial charge is 0.136 e. The van der Waals surface area contributed by atoms with Gasteiger partial charge in [-0.25, -0.2) is 0 Å². The molecule has 1 atom stereocenters. The molecule has 0 saturated heterocycles. The van der Waals surface area contributed by atoms with E-state index < -0.39 is 0 Å². The number of Topliss-reactive ketones (excluding diaryl/α,β-unsaturated/α-hetero) is 1. The van der Waals surface area contributed by atoms with Crippen molar-refractivity contribution >= 4 is 5.78 Å². The Morgan fingerprint density at radius 3 is 2.91 bits per heavy atom. The van der Waals surface area contributed by atoms with Crippen molar-refractivity contribution in [2.24, 2.45) is 5.92 Å². The van der Waals surface area contributed by atoms with Crippen molar-refractivity contribution in [3.05, 3.63) is 12.2 Å². The fourth-order valence-corrected chi connectivity index (χ4v) is 1.56. The predicted molar refractivity (Wildman–Crippen MR) is 46.4 cm³/mol. The maximum atomic E-state index is 11.1. The highest BCUT2D eigenvalue weighted by molar-refractivity contribution is 5.82. The summed E-state index contributed by atoms with van der Waals surface area (Å²) in [5.74, 6) is 0.837. The van der Waals surface area contributed by atoms with Crippen LogP contribution in [0.3, 0.4) is 0 Å². The van der Waals surface area contributed by atoms with Gasteiger partial charge in [0.05, 0.1) is 0 Å². The molecule has 0 radical (unpaired) electrons. The first-order valence-corrected chi connectivity index (χ1v) is 4.52. The van der Waals surface area contributed by atoms with E-state index >= 15 is 0 Å². The second-order valence-corrected chi connectivity index (χ2v) is 3.17. The number of carbonyl (C=O) groups excluding carboxylic acids is 1. The molecule has 0 bridgehead atoms. The van der Waals surface area contributed by atoms with Crippen LogP contribution in [-0.4, -0.2) is 5.78 Å². The van der Waals surface area contributed by atoms with E-state index in [9.17, 15) is 4.79 Å². The summed E-state index contributed by atoms with van der Waals surface area (Å²) in [4.78, 5) is 11.1. The molecule has 0 amide bonds. The van der Waals surface area contributed by atoms with Crippen LogP contribution in [0.5, 0.6) is 0 Å². The van der Waals surface area contributed by atoms with Crippen LogP contribution in [0.2, 0.25) is 0 Å². The van der Waals surface area contributed by atoms with Gasteiger partial charge in [0.15, 0.2) is 0 Å². The molecule has 11 heavy (non-hydrogen) atoms. The number of ketones is 1. The number of rotatable bonds is 3. The van der Waals surface area contributed by atoms with Gasteiger partial charge in [0.2, 0.25) is 0 Å². The summed E-state index contributed by atoms with van der Waals surface area (Å²) in [5.41, 5.74) is 0. The molecule has 0 aliphatic heterocycles. The van der Waals surface area contributed by atoms with Gasteiger partial charge in [0.1, 0.15) is 5.78 Å². The quantitative estimate of drug-likeness (QED) is 0.568. The predicted octanol–water partition coefficient (Wildman–Crippen LogP) is 2.71. The first-order valence-electron chi connectivity index (χ1n) is 4.52. The molecule has 1 unspecified atom stereocenters. The molecule has 1 rings (SSSR count). The van der Waals surface area contributed by atoms with E-state index in [1.54, 1.807) is 0 Å². The zero-order chi connectivity index (χ0) is 8.10. The van der Waals surface area contributed by atoms with Crippen LogP contribution in [0.1, 0.15) is 39.0 Å². The molecule has 1 fully saturated rings. The summed E-state index contributed by atoms with van der Waals surface area (Å²) >= 11 is 0. The third-order valence-electron chi connectivity index (χ3n) is 2.25. The van der Waals surface area contributed by atoms with E-state index in [0.29, 0.717) is 11.7 Å². The van der Waals surface area contributed by atoms with E-state index in [4.69, 9.17) is 0 Å². The number of hydrogen-bond donors (Lipinski definition) is 0. The van der Waals surface area contributed by atoms with Gasteiger partial charge >= 0.3 is 0 Å². The Bertz CT molecular complexity index is 158. The van der Waals surface area contributed by atoms with E-state index in [-0.39, 0.29) is 0 Å². The Morgan fingerprint density at radius 1 is 1.55 bits per heavy atom. The summed E-state index contributed by atoms with van der Waals surface area (Å²) in [7, 11) is 0. The van der Waals surface area contributed by atoms with Gasteiger partial charge in [-0.2, -0.15) is 0 Å². The van der Waals surface area contributed by atoms with Gasteiger partial charge in [-0.3, -0.25) is 4.79 Å². The Labute approximate surface area is 68.5 Å². The molecule has 0 spiro atoms. The number of carbonyl (C=O) groups is 1. The number of allylic oxidation sites excluding steroid dienone is 2. The van der Waals surface area contributed by atoms with Crippen molar-refractivity contribution in [1.29, 1.82) is 0 Å². The Morgan fingerprint density at radius 2 is 2.36 bits per heavy atom. The van der Waals surface area contributed by atoms with Crippen LogP contribution < -0.4 is 0 Å². The lowest BCUT2D eigenvalue weighted by Crippen LogP contribution is -2.03. The Hall–Kier alpha value is -0.590. The fourth-order valence-electron chi connectivity index (χ4n) is 1.56. The molecule has 0 heterocycles. The van der Waals surface area contributed by atoms with Crippen LogP contribution in [-0.2, 0) is 4.79 Å². The SMILES string of the molecule is CCC=CCC1CCCC1=O. The average molecular weight is 152 g/mol. The van der Waals surface area contributed by atoms with Crippen LogP contribution in [0.25, 0.3) is 0 Å². The van der Waals surface area contributed by atoms with E-state index in [1.807, 2.05) is 0 Å². The molecule has 0 aromatic heterocycles. The minimum Gasteiger partial charge on any atom is -0.299 e. The summed E-state index contributed by atoms with van der Waals surface area (Å²) in [6.45, 7) is 2.12. The largest absolute Gasteiger partial charge is 0.299 e. The van der Waals surface area contributed by atoms with Gasteiger partial charge in [-0.1, -0.05) is 19.1 Å². The maximum absolute atomic E-state index is 11.1. The second kappa shape index (κ2) is 4.32.